The van der Waals surface area contributed by atoms with Gasteiger partial charge in [-0.1, -0.05) is 33.3 Å². The number of carbonyl (C=O) groups excluding carboxylic acids is 3. The van der Waals surface area contributed by atoms with Gasteiger partial charge in [0.2, 0.25) is 12.5 Å². The molecule has 5 rings (SSSR count). The number of fused-ring (bicyclic) bond motifs is 5. The van der Waals surface area contributed by atoms with Crippen LogP contribution in [0.25, 0.3) is 0 Å². The molecule has 11 atom stereocenters. The van der Waals surface area contributed by atoms with Crippen LogP contribution in [0.3, 0.4) is 0 Å². The molecule has 0 radical (unpaired) electrons. The number of rotatable bonds is 4. The molecule has 5 aliphatic rings. The topological polar surface area (TPSA) is 99.1 Å². The molecular formula is C30H39F3O7. The number of hydrogen-bond acceptors (Lipinski definition) is 7. The van der Waals surface area contributed by atoms with Gasteiger partial charge in [-0.2, -0.15) is 0 Å². The Hall–Kier alpha value is -2.36. The molecule has 0 bridgehead atoms. The minimum absolute atomic E-state index is 0.0167. The third-order valence-corrected chi connectivity index (χ3v) is 11.2. The van der Waals surface area contributed by atoms with Crippen LogP contribution in [0, 0.1) is 34.5 Å². The summed E-state index contributed by atoms with van der Waals surface area (Å²) in [6.45, 7) is 5.21. The average Bonchev–Trinajstić information content (AvgIpc) is 3.10. The van der Waals surface area contributed by atoms with E-state index < -0.39 is 83.0 Å². The number of alkyl halides is 3. The van der Waals surface area contributed by atoms with E-state index in [4.69, 9.17) is 14.2 Å². The number of aliphatic hydroxyl groups is 1. The van der Waals surface area contributed by atoms with E-state index >= 15 is 8.78 Å². The Balaban J connectivity index is 1.55. The van der Waals surface area contributed by atoms with E-state index in [1.165, 1.54) is 19.1 Å². The summed E-state index contributed by atoms with van der Waals surface area (Å²) in [7, 11) is 0. The van der Waals surface area contributed by atoms with Crippen molar-refractivity contribution in [3.05, 3.63) is 23.8 Å². The number of carbonyl (C=O) groups is 3. The Morgan fingerprint density at radius 2 is 1.82 bits per heavy atom. The van der Waals surface area contributed by atoms with Gasteiger partial charge in [-0.15, -0.1) is 0 Å². The van der Waals surface area contributed by atoms with Crippen molar-refractivity contribution in [1.82, 2.24) is 0 Å². The molecule has 40 heavy (non-hydrogen) atoms. The van der Waals surface area contributed by atoms with E-state index in [-0.39, 0.29) is 30.8 Å². The van der Waals surface area contributed by atoms with Crippen LogP contribution in [-0.4, -0.2) is 59.5 Å². The van der Waals surface area contributed by atoms with E-state index in [2.05, 4.69) is 0 Å². The fourth-order valence-electron chi connectivity index (χ4n) is 9.11. The van der Waals surface area contributed by atoms with Gasteiger partial charge in [-0.3, -0.25) is 4.79 Å². The predicted molar refractivity (Wildman–Crippen MR) is 137 cm³/mol. The van der Waals surface area contributed by atoms with Gasteiger partial charge < -0.3 is 19.3 Å². The normalized spacial score (nSPS) is 47.9. The maximum atomic E-state index is 17.5. The quantitative estimate of drug-likeness (QED) is 0.448. The minimum Gasteiger partial charge on any atom is -0.431 e. The molecule has 0 spiro atoms. The van der Waals surface area contributed by atoms with Gasteiger partial charge >= 0.3 is 12.1 Å². The van der Waals surface area contributed by atoms with E-state index in [1.54, 1.807) is 13.8 Å². The zero-order valence-electron chi connectivity index (χ0n) is 23.5. The summed E-state index contributed by atoms with van der Waals surface area (Å²) in [6, 6.07) is 0. The first kappa shape index (κ1) is 29.1. The monoisotopic (exact) mass is 568 g/mol. The fraction of sp³-hybridized carbons (Fsp3) is 0.767. The molecule has 5 aliphatic carbocycles. The minimum atomic E-state index is -2.37. The van der Waals surface area contributed by atoms with Crippen molar-refractivity contribution in [3.8, 4) is 0 Å². The van der Waals surface area contributed by atoms with Crippen molar-refractivity contribution in [3.63, 3.8) is 0 Å². The Kier molecular flexibility index (Phi) is 7.20. The summed E-state index contributed by atoms with van der Waals surface area (Å²) < 4.78 is 62.9. The zero-order valence-corrected chi connectivity index (χ0v) is 23.5. The highest BCUT2D eigenvalue weighted by atomic mass is 19.1. The van der Waals surface area contributed by atoms with Crippen molar-refractivity contribution in [1.29, 1.82) is 0 Å². The highest BCUT2D eigenvalue weighted by Gasteiger charge is 2.79. The number of allylic oxidation sites excluding steroid dienone is 4. The first-order valence-corrected chi connectivity index (χ1v) is 14.3. The van der Waals surface area contributed by atoms with Gasteiger partial charge in [0, 0.05) is 22.7 Å². The lowest BCUT2D eigenvalue weighted by Gasteiger charge is -2.62. The molecule has 0 heterocycles. The first-order valence-electron chi connectivity index (χ1n) is 14.3. The van der Waals surface area contributed by atoms with Crippen molar-refractivity contribution in [2.75, 3.05) is 6.86 Å². The summed E-state index contributed by atoms with van der Waals surface area (Å²) in [5.41, 5.74) is -7.52. The number of hydrogen-bond donors (Lipinski definition) is 1. The Morgan fingerprint density at radius 1 is 1.12 bits per heavy atom. The number of esters is 1. The average molecular weight is 569 g/mol. The molecular weight excluding hydrogens is 529 g/mol. The summed E-state index contributed by atoms with van der Waals surface area (Å²) >= 11 is 0. The Morgan fingerprint density at radius 3 is 2.50 bits per heavy atom. The van der Waals surface area contributed by atoms with Crippen molar-refractivity contribution in [2.24, 2.45) is 34.5 Å². The van der Waals surface area contributed by atoms with Crippen LogP contribution in [0.5, 0.6) is 0 Å². The fourth-order valence-corrected chi connectivity index (χ4v) is 9.11. The second-order valence-corrected chi connectivity index (χ2v) is 13.0. The Bertz CT molecular complexity index is 1140. The molecule has 0 aliphatic heterocycles. The maximum absolute atomic E-state index is 17.5. The van der Waals surface area contributed by atoms with Crippen molar-refractivity contribution >= 4 is 17.9 Å². The van der Waals surface area contributed by atoms with Gasteiger partial charge in [0.15, 0.2) is 11.5 Å². The molecule has 1 N–H and O–H groups in total. The second-order valence-electron chi connectivity index (χ2n) is 13.0. The van der Waals surface area contributed by atoms with Gasteiger partial charge in [-0.25, -0.2) is 22.8 Å². The second kappa shape index (κ2) is 9.88. The molecule has 4 fully saturated rings. The summed E-state index contributed by atoms with van der Waals surface area (Å²) in [4.78, 5) is 38.9. The van der Waals surface area contributed by atoms with E-state index in [0.29, 0.717) is 6.42 Å². The van der Waals surface area contributed by atoms with Crippen LogP contribution in [0.1, 0.15) is 72.6 Å². The molecule has 4 saturated carbocycles. The molecule has 222 valence electrons. The highest BCUT2D eigenvalue weighted by molar-refractivity contribution is 6.01. The van der Waals surface area contributed by atoms with E-state index in [9.17, 15) is 23.9 Å². The molecule has 0 saturated heterocycles. The van der Waals surface area contributed by atoms with Crippen LogP contribution >= 0.6 is 0 Å². The standard InChI is InChI=1S/C30H39F3O7/c1-16-7-5-6-8-23(16)39-26(37)40-30(25(36)38-15-31)17(2)11-19-20-13-22(32)21-12-18(34)9-10-27(21,3)29(20,33)24(35)14-28(19,30)4/h9-10,12,16-17,19-20,22-24,35H,5-8,11,13-15H2,1-4H3/t16?,17-,19+,20+,22+,23?,24+,27+,28+,29?,30-/m1/s1. The van der Waals surface area contributed by atoms with Crippen LogP contribution in [0.2, 0.25) is 0 Å². The molecule has 7 nitrogen and oxygen atoms in total. The summed E-state index contributed by atoms with van der Waals surface area (Å²) in [5.74, 6) is -4.12. The van der Waals surface area contributed by atoms with E-state index in [1.807, 2.05) is 6.92 Å². The molecule has 3 unspecified atom stereocenters. The van der Waals surface area contributed by atoms with Gasteiger partial charge in [0.05, 0.1) is 6.10 Å². The van der Waals surface area contributed by atoms with Crippen LogP contribution in [-0.2, 0) is 23.8 Å². The van der Waals surface area contributed by atoms with Gasteiger partial charge in [-0.05, 0) is 75.0 Å². The molecule has 0 aromatic rings. The Labute approximate surface area is 232 Å². The largest absolute Gasteiger partial charge is 0.509 e. The van der Waals surface area contributed by atoms with Gasteiger partial charge in [0.25, 0.3) is 0 Å². The lowest BCUT2D eigenvalue weighted by molar-refractivity contribution is -0.236. The summed E-state index contributed by atoms with van der Waals surface area (Å²) in [5, 5.41) is 11.6. The third-order valence-electron chi connectivity index (χ3n) is 11.2. The maximum Gasteiger partial charge on any atom is 0.509 e. The van der Waals surface area contributed by atoms with Crippen LogP contribution < -0.4 is 0 Å². The van der Waals surface area contributed by atoms with Gasteiger partial charge in [0.1, 0.15) is 12.3 Å². The number of aliphatic hydroxyl groups excluding tert-OH is 1. The summed E-state index contributed by atoms with van der Waals surface area (Å²) in [6.07, 6.45) is 1.58. The van der Waals surface area contributed by atoms with Crippen molar-refractivity contribution < 1.29 is 46.9 Å². The van der Waals surface area contributed by atoms with Crippen LogP contribution in [0.15, 0.2) is 23.8 Å². The lowest BCUT2D eigenvalue weighted by Crippen LogP contribution is -2.71. The number of halogens is 3. The van der Waals surface area contributed by atoms with E-state index in [0.717, 1.165) is 25.3 Å². The predicted octanol–water partition coefficient (Wildman–Crippen LogP) is 5.49. The lowest BCUT2D eigenvalue weighted by atomic mass is 9.44. The number of ether oxygens (including phenoxy) is 3. The molecule has 0 amide bonds. The zero-order chi connectivity index (χ0) is 29.3. The third kappa shape index (κ3) is 3.83. The smallest absolute Gasteiger partial charge is 0.431 e. The van der Waals surface area contributed by atoms with Crippen LogP contribution in [0.4, 0.5) is 18.0 Å². The molecule has 10 heteroatoms. The number of ketones is 1. The highest BCUT2D eigenvalue weighted by Crippen LogP contribution is 2.71. The molecule has 0 aromatic heterocycles. The first-order chi connectivity index (χ1) is 18.8. The SMILES string of the molecule is CC1CCCCC1OC(=O)O[C@@]1(C(=O)OCF)[C@H](C)C[C@H]2[C@@H]3C[C@H](F)C4=CC(=O)C=C[C@]4(C)C3(F)[C@@H](O)C[C@@]21C. The van der Waals surface area contributed by atoms with Crippen molar-refractivity contribution in [2.45, 2.75) is 102 Å². The molecule has 0 aromatic carbocycles.